The van der Waals surface area contributed by atoms with Gasteiger partial charge in [0.05, 0.1) is 30.2 Å². The fraction of sp³-hybridized carbons (Fsp3) is 0.400. The first-order chi connectivity index (χ1) is 20.4. The molecule has 0 bridgehead atoms. The minimum Gasteiger partial charge on any atom is -0.494 e. The minimum absolute atomic E-state index is 0. The highest BCUT2D eigenvalue weighted by Gasteiger charge is 2.19. The van der Waals surface area contributed by atoms with Gasteiger partial charge in [0.2, 0.25) is 5.95 Å². The Morgan fingerprint density at radius 3 is 2.53 bits per heavy atom. The summed E-state index contributed by atoms with van der Waals surface area (Å²) < 4.78 is 9.16. The van der Waals surface area contributed by atoms with Crippen LogP contribution in [0.2, 0.25) is 0 Å². The Morgan fingerprint density at radius 2 is 1.91 bits per heavy atom. The molecular formula is C30H42ClN9O3. The van der Waals surface area contributed by atoms with E-state index in [1.165, 1.54) is 51.8 Å². The molecule has 0 unspecified atom stereocenters. The molecule has 5 rings (SSSR count). The van der Waals surface area contributed by atoms with Gasteiger partial charge in [0.15, 0.2) is 17.4 Å². The van der Waals surface area contributed by atoms with Crippen molar-refractivity contribution in [1.29, 1.82) is 0 Å². The van der Waals surface area contributed by atoms with Gasteiger partial charge in [0.1, 0.15) is 11.9 Å². The van der Waals surface area contributed by atoms with E-state index in [0.717, 1.165) is 12.2 Å². The van der Waals surface area contributed by atoms with Gasteiger partial charge in [-0.1, -0.05) is 38.8 Å². The van der Waals surface area contributed by atoms with Gasteiger partial charge in [-0.2, -0.15) is 15.2 Å². The number of carbonyl (C=O) groups is 1. The van der Waals surface area contributed by atoms with Crippen LogP contribution < -0.4 is 15.4 Å². The van der Waals surface area contributed by atoms with E-state index in [2.05, 4.69) is 54.0 Å². The summed E-state index contributed by atoms with van der Waals surface area (Å²) in [4.78, 5) is 24.9. The largest absolute Gasteiger partial charge is 0.494 e. The Bertz CT molecular complexity index is 1450. The summed E-state index contributed by atoms with van der Waals surface area (Å²) in [5, 5.41) is 24.8. The van der Waals surface area contributed by atoms with Crippen LogP contribution in [0.25, 0.3) is 11.4 Å². The third kappa shape index (κ3) is 9.53. The van der Waals surface area contributed by atoms with Crippen LogP contribution in [0.4, 0.5) is 23.1 Å². The number of hydrogen-bond acceptors (Lipinski definition) is 9. The summed E-state index contributed by atoms with van der Waals surface area (Å²) in [6.07, 6.45) is 16.1. The predicted molar refractivity (Wildman–Crippen MR) is 172 cm³/mol. The lowest BCUT2D eigenvalue weighted by atomic mass is 9.89. The molecule has 4 aromatic rings. The van der Waals surface area contributed by atoms with Gasteiger partial charge in [0, 0.05) is 32.4 Å². The molecule has 3 aromatic heterocycles. The van der Waals surface area contributed by atoms with Crippen LogP contribution in [-0.4, -0.2) is 59.1 Å². The van der Waals surface area contributed by atoms with Crippen LogP contribution >= 0.6 is 11.6 Å². The number of halogens is 1. The van der Waals surface area contributed by atoms with Crippen LogP contribution in [0.3, 0.4) is 0 Å². The van der Waals surface area contributed by atoms with E-state index in [0.29, 0.717) is 28.7 Å². The number of benzene rings is 1. The number of alkyl halides is 1. The molecule has 3 N–H and O–H groups in total. The lowest BCUT2D eigenvalue weighted by molar-refractivity contribution is 0.0697. The van der Waals surface area contributed by atoms with Crippen molar-refractivity contribution in [2.75, 3.05) is 24.1 Å². The van der Waals surface area contributed by atoms with Crippen LogP contribution in [0.15, 0.2) is 55.8 Å². The van der Waals surface area contributed by atoms with Crippen LogP contribution in [0, 0.1) is 5.92 Å². The highest BCUT2D eigenvalue weighted by atomic mass is 35.5. The van der Waals surface area contributed by atoms with E-state index in [9.17, 15) is 9.90 Å². The number of nitrogens with one attached hydrogen (secondary N) is 2. The molecule has 1 aromatic carbocycles. The second-order valence-corrected chi connectivity index (χ2v) is 9.50. The monoisotopic (exact) mass is 611 g/mol. The zero-order valence-corrected chi connectivity index (χ0v) is 25.2. The number of carboxylic acids is 1. The number of hydrogen-bond donors (Lipinski definition) is 3. The number of para-hydroxylation sites is 1. The molecule has 0 amide bonds. The summed E-state index contributed by atoms with van der Waals surface area (Å²) in [6, 6.07) is 5.40. The number of nitrogens with zero attached hydrogens (tertiary/aromatic N) is 7. The SMILES string of the molecule is C.C=CC.CCl.COc1c(Nc2nc(Nc3cnn(CC4CCCCC4)c3)ncc2C(=O)O)cccc1-c1ncn(C)n1. The molecule has 0 spiro atoms. The van der Waals surface area contributed by atoms with Crippen molar-refractivity contribution in [3.8, 4) is 17.1 Å². The first-order valence-electron chi connectivity index (χ1n) is 13.6. The third-order valence-electron chi connectivity index (χ3n) is 6.39. The molecule has 1 aliphatic carbocycles. The normalized spacial score (nSPS) is 12.4. The van der Waals surface area contributed by atoms with Crippen LogP contribution in [-0.2, 0) is 13.6 Å². The Labute approximate surface area is 258 Å². The van der Waals surface area contributed by atoms with Crippen molar-refractivity contribution in [2.45, 2.75) is 53.0 Å². The summed E-state index contributed by atoms with van der Waals surface area (Å²) in [5.74, 6) is 0.792. The van der Waals surface area contributed by atoms with Crippen molar-refractivity contribution in [1.82, 2.24) is 34.5 Å². The fourth-order valence-electron chi connectivity index (χ4n) is 4.61. The maximum absolute atomic E-state index is 11.9. The van der Waals surface area contributed by atoms with Crippen molar-refractivity contribution < 1.29 is 14.6 Å². The highest BCUT2D eigenvalue weighted by Crippen LogP contribution is 2.36. The number of aromatic carboxylic acids is 1. The Hall–Kier alpha value is -4.45. The molecular weight excluding hydrogens is 570 g/mol. The van der Waals surface area contributed by atoms with Gasteiger partial charge in [-0.05, 0) is 37.8 Å². The first-order valence-corrected chi connectivity index (χ1v) is 14.3. The fourth-order valence-corrected chi connectivity index (χ4v) is 4.61. The number of ether oxygens (including phenoxy) is 1. The molecule has 232 valence electrons. The number of aromatic nitrogens is 7. The smallest absolute Gasteiger partial charge is 0.341 e. The molecule has 0 aliphatic heterocycles. The van der Waals surface area contributed by atoms with E-state index < -0.39 is 5.97 Å². The maximum atomic E-state index is 11.9. The summed E-state index contributed by atoms with van der Waals surface area (Å²) in [6.45, 7) is 6.13. The number of anilines is 4. The summed E-state index contributed by atoms with van der Waals surface area (Å²) in [5.41, 5.74) is 1.82. The van der Waals surface area contributed by atoms with Gasteiger partial charge in [0.25, 0.3) is 0 Å². The lowest BCUT2D eigenvalue weighted by Crippen LogP contribution is -2.14. The van der Waals surface area contributed by atoms with Crippen molar-refractivity contribution >= 4 is 40.7 Å². The zero-order valence-electron chi connectivity index (χ0n) is 24.4. The highest BCUT2D eigenvalue weighted by molar-refractivity contribution is 6.15. The van der Waals surface area contributed by atoms with E-state index in [-0.39, 0.29) is 24.8 Å². The third-order valence-corrected chi connectivity index (χ3v) is 6.39. The lowest BCUT2D eigenvalue weighted by Gasteiger charge is -2.21. The summed E-state index contributed by atoms with van der Waals surface area (Å²) in [7, 11) is 3.31. The van der Waals surface area contributed by atoms with Crippen LogP contribution in [0.5, 0.6) is 5.75 Å². The van der Waals surface area contributed by atoms with E-state index in [1.54, 1.807) is 42.5 Å². The average Bonchev–Trinajstić information content (AvgIpc) is 3.63. The van der Waals surface area contributed by atoms with Gasteiger partial charge in [-0.3, -0.25) is 9.36 Å². The quantitative estimate of drug-likeness (QED) is 0.134. The first kappa shape index (κ1) is 34.7. The second kappa shape index (κ2) is 17.5. The predicted octanol–water partition coefficient (Wildman–Crippen LogP) is 6.93. The molecule has 1 fully saturated rings. The van der Waals surface area contributed by atoms with Gasteiger partial charge >= 0.3 is 5.97 Å². The standard InChI is InChI=1S/C25H29N9O3.C3H6.CH3Cl.CH4/c1-33-15-27-22(32-33)18-9-6-10-20(21(18)37-2)30-23-19(24(35)36)12-26-25(31-23)29-17-11-28-34(14-17)13-16-7-4-3-5-8-16;1-3-2;1-2;/h6,9-12,14-16H,3-5,7-8,13H2,1-2H3,(H,35,36)(H2,26,29,30,31);3H,1H2,2H3;1H3;1H4. The molecule has 0 atom stereocenters. The molecule has 12 nitrogen and oxygen atoms in total. The van der Waals surface area contributed by atoms with Gasteiger partial charge in [-0.15, -0.1) is 18.2 Å². The molecule has 13 heteroatoms. The molecule has 43 heavy (non-hydrogen) atoms. The van der Waals surface area contributed by atoms with Gasteiger partial charge in [-0.25, -0.2) is 14.8 Å². The minimum atomic E-state index is -1.16. The average molecular weight is 612 g/mol. The second-order valence-electron chi connectivity index (χ2n) is 9.50. The van der Waals surface area contributed by atoms with Crippen molar-refractivity contribution in [3.63, 3.8) is 0 Å². The maximum Gasteiger partial charge on any atom is 0.341 e. The molecule has 0 saturated heterocycles. The van der Waals surface area contributed by atoms with E-state index >= 15 is 0 Å². The Kier molecular flexibility index (Phi) is 14.1. The van der Waals surface area contributed by atoms with Crippen molar-refractivity contribution in [3.05, 3.63) is 61.3 Å². The van der Waals surface area contributed by atoms with Gasteiger partial charge < -0.3 is 20.5 Å². The molecule has 1 saturated carbocycles. The van der Waals surface area contributed by atoms with Crippen molar-refractivity contribution in [2.24, 2.45) is 13.0 Å². The van der Waals surface area contributed by atoms with E-state index in [1.807, 2.05) is 23.9 Å². The number of aryl methyl sites for hydroxylation is 1. The number of methoxy groups -OCH3 is 1. The summed E-state index contributed by atoms with van der Waals surface area (Å²) >= 11 is 4.64. The number of allylic oxidation sites excluding steroid dienone is 1. The van der Waals surface area contributed by atoms with Crippen LogP contribution in [0.1, 0.15) is 56.8 Å². The molecule has 1 aliphatic rings. The topological polar surface area (TPSA) is 145 Å². The Balaban J connectivity index is 0.00000101. The van der Waals surface area contributed by atoms with E-state index in [4.69, 9.17) is 4.74 Å². The number of rotatable bonds is 9. The Morgan fingerprint density at radius 1 is 1.19 bits per heavy atom. The molecule has 0 radical (unpaired) electrons. The number of carboxylic acid groups (broad SMARTS) is 1. The molecule has 3 heterocycles. The zero-order chi connectivity index (χ0) is 30.5.